The number of esters is 1. The molecular weight excluding hydrogens is 394 g/mol. The number of anilines is 1. The Hall–Kier alpha value is -2.46. The summed E-state index contributed by atoms with van der Waals surface area (Å²) in [5.41, 5.74) is 1.59. The predicted octanol–water partition coefficient (Wildman–Crippen LogP) is 1.53. The van der Waals surface area contributed by atoms with Gasteiger partial charge in [-0.2, -0.15) is 4.68 Å². The molecule has 1 aliphatic heterocycles. The minimum absolute atomic E-state index is 0.171. The van der Waals surface area contributed by atoms with Gasteiger partial charge in [0, 0.05) is 17.1 Å². The maximum absolute atomic E-state index is 12.5. The number of ether oxygens (including phenoxy) is 3. The second-order valence-electron chi connectivity index (χ2n) is 5.18. The molecular formula is C15H16BrN5O4. The van der Waals surface area contributed by atoms with Gasteiger partial charge in [0.1, 0.15) is 11.8 Å². The summed E-state index contributed by atoms with van der Waals surface area (Å²) in [5, 5.41) is 14.7. The molecule has 2 aromatic rings. The van der Waals surface area contributed by atoms with E-state index in [2.05, 4.69) is 36.8 Å². The van der Waals surface area contributed by atoms with Gasteiger partial charge in [-0.05, 0) is 28.6 Å². The second kappa shape index (κ2) is 7.19. The Morgan fingerprint density at radius 1 is 1.36 bits per heavy atom. The summed E-state index contributed by atoms with van der Waals surface area (Å²) in [6, 6.07) is 4.88. The summed E-state index contributed by atoms with van der Waals surface area (Å²) in [4.78, 5) is 12.5. The van der Waals surface area contributed by atoms with Gasteiger partial charge in [-0.1, -0.05) is 21.0 Å². The Balaban J connectivity index is 2.26. The largest absolute Gasteiger partial charge is 0.496 e. The first-order valence-corrected chi connectivity index (χ1v) is 8.08. The van der Waals surface area contributed by atoms with Gasteiger partial charge in [0.2, 0.25) is 5.95 Å². The van der Waals surface area contributed by atoms with Crippen molar-refractivity contribution in [2.24, 2.45) is 0 Å². The van der Waals surface area contributed by atoms with Crippen LogP contribution in [0.1, 0.15) is 11.6 Å². The minimum Gasteiger partial charge on any atom is -0.496 e. The number of methoxy groups -OCH3 is 3. The minimum atomic E-state index is -0.628. The molecule has 0 unspecified atom stereocenters. The summed E-state index contributed by atoms with van der Waals surface area (Å²) in [6.45, 7) is 0.171. The first kappa shape index (κ1) is 17.4. The van der Waals surface area contributed by atoms with E-state index in [1.54, 1.807) is 13.2 Å². The Kier molecular flexibility index (Phi) is 5.00. The van der Waals surface area contributed by atoms with Crippen molar-refractivity contribution >= 4 is 27.8 Å². The Morgan fingerprint density at radius 2 is 2.16 bits per heavy atom. The molecule has 1 aromatic heterocycles. The lowest BCUT2D eigenvalue weighted by Crippen LogP contribution is -2.31. The molecule has 0 fully saturated rings. The molecule has 0 bridgehead atoms. The fourth-order valence-corrected chi connectivity index (χ4v) is 3.13. The highest BCUT2D eigenvalue weighted by molar-refractivity contribution is 9.10. The molecule has 0 saturated carbocycles. The molecule has 0 amide bonds. The van der Waals surface area contributed by atoms with Gasteiger partial charge in [-0.25, -0.2) is 4.79 Å². The summed E-state index contributed by atoms with van der Waals surface area (Å²) in [5.74, 6) is 0.481. The van der Waals surface area contributed by atoms with E-state index >= 15 is 0 Å². The molecule has 1 N–H and O–H groups in total. The fourth-order valence-electron chi connectivity index (χ4n) is 2.75. The van der Waals surface area contributed by atoms with Gasteiger partial charge in [-0.15, -0.1) is 0 Å². The molecule has 1 aliphatic rings. The van der Waals surface area contributed by atoms with Crippen LogP contribution in [-0.4, -0.2) is 54.1 Å². The van der Waals surface area contributed by atoms with E-state index in [1.165, 1.54) is 18.9 Å². The SMILES string of the molecule is COCC1=C(C(=O)OC)[C@@H](c2cc(Br)ccc2OC)n2nnnc2N1. The molecule has 9 nitrogen and oxygen atoms in total. The van der Waals surface area contributed by atoms with Crippen molar-refractivity contribution in [3.8, 4) is 5.75 Å². The number of carbonyl (C=O) groups is 1. The van der Waals surface area contributed by atoms with E-state index in [0.717, 1.165) is 4.47 Å². The summed E-state index contributed by atoms with van der Waals surface area (Å²) >= 11 is 3.45. The van der Waals surface area contributed by atoms with Crippen LogP contribution in [0.2, 0.25) is 0 Å². The lowest BCUT2D eigenvalue weighted by atomic mass is 9.94. The first-order chi connectivity index (χ1) is 12.1. The normalized spacial score (nSPS) is 16.2. The first-order valence-electron chi connectivity index (χ1n) is 7.29. The average Bonchev–Trinajstić information content (AvgIpc) is 3.08. The van der Waals surface area contributed by atoms with Crippen LogP contribution in [0, 0.1) is 0 Å². The molecule has 1 atom stereocenters. The smallest absolute Gasteiger partial charge is 0.338 e. The third-order valence-electron chi connectivity index (χ3n) is 3.78. The maximum atomic E-state index is 12.5. The van der Waals surface area contributed by atoms with Crippen molar-refractivity contribution in [2.75, 3.05) is 33.3 Å². The van der Waals surface area contributed by atoms with E-state index in [1.807, 2.05) is 12.1 Å². The number of fused-ring (bicyclic) bond motifs is 1. The Labute approximate surface area is 152 Å². The molecule has 0 aliphatic carbocycles. The molecule has 3 rings (SSSR count). The monoisotopic (exact) mass is 409 g/mol. The number of benzene rings is 1. The van der Waals surface area contributed by atoms with Crippen molar-refractivity contribution in [3.63, 3.8) is 0 Å². The van der Waals surface area contributed by atoms with E-state index < -0.39 is 12.0 Å². The topological polar surface area (TPSA) is 100 Å². The Bertz CT molecular complexity index is 835. The molecule has 0 spiro atoms. The zero-order valence-electron chi connectivity index (χ0n) is 13.8. The van der Waals surface area contributed by atoms with Gasteiger partial charge >= 0.3 is 5.97 Å². The third-order valence-corrected chi connectivity index (χ3v) is 4.27. The van der Waals surface area contributed by atoms with E-state index in [9.17, 15) is 4.79 Å². The van der Waals surface area contributed by atoms with Crippen LogP contribution in [0.25, 0.3) is 0 Å². The van der Waals surface area contributed by atoms with E-state index in [-0.39, 0.29) is 6.61 Å². The zero-order valence-corrected chi connectivity index (χ0v) is 15.4. The van der Waals surface area contributed by atoms with Crippen LogP contribution in [0.3, 0.4) is 0 Å². The highest BCUT2D eigenvalue weighted by Crippen LogP contribution is 2.40. The lowest BCUT2D eigenvalue weighted by molar-refractivity contribution is -0.136. The van der Waals surface area contributed by atoms with Gasteiger partial charge in [0.25, 0.3) is 0 Å². The standard InChI is InChI=1S/C15H16BrN5O4/c1-23-7-10-12(14(22)25-3)13(21-15(17-10)18-19-20-21)9-6-8(16)4-5-11(9)24-2/h4-6,13H,7H2,1-3H3,(H,17,18,20)/t13-/m1/s1. The zero-order chi connectivity index (χ0) is 18.0. The van der Waals surface area contributed by atoms with Crippen molar-refractivity contribution in [1.82, 2.24) is 20.2 Å². The molecule has 0 saturated heterocycles. The van der Waals surface area contributed by atoms with Crippen LogP contribution >= 0.6 is 15.9 Å². The molecule has 132 valence electrons. The van der Waals surface area contributed by atoms with Crippen LogP contribution in [0.15, 0.2) is 33.9 Å². The number of halogens is 1. The van der Waals surface area contributed by atoms with Crippen LogP contribution in [0.4, 0.5) is 5.95 Å². The van der Waals surface area contributed by atoms with Gasteiger partial charge in [-0.3, -0.25) is 0 Å². The molecule has 25 heavy (non-hydrogen) atoms. The number of hydrogen-bond donors (Lipinski definition) is 1. The average molecular weight is 410 g/mol. The fraction of sp³-hybridized carbons (Fsp3) is 0.333. The number of hydrogen-bond acceptors (Lipinski definition) is 8. The van der Waals surface area contributed by atoms with Crippen molar-refractivity contribution in [1.29, 1.82) is 0 Å². The summed E-state index contributed by atoms with van der Waals surface area (Å²) in [7, 11) is 4.42. The van der Waals surface area contributed by atoms with Gasteiger partial charge < -0.3 is 19.5 Å². The molecule has 2 heterocycles. The number of nitrogens with one attached hydrogen (secondary N) is 1. The lowest BCUT2D eigenvalue weighted by Gasteiger charge is -2.29. The third kappa shape index (κ3) is 3.10. The second-order valence-corrected chi connectivity index (χ2v) is 6.09. The van der Waals surface area contributed by atoms with Crippen LogP contribution < -0.4 is 10.1 Å². The van der Waals surface area contributed by atoms with Crippen molar-refractivity contribution in [3.05, 3.63) is 39.5 Å². The maximum Gasteiger partial charge on any atom is 0.338 e. The van der Waals surface area contributed by atoms with Crippen molar-refractivity contribution in [2.45, 2.75) is 6.04 Å². The van der Waals surface area contributed by atoms with Gasteiger partial charge in [0.05, 0.1) is 32.1 Å². The molecule has 0 radical (unpaired) electrons. The number of carbonyl (C=O) groups excluding carboxylic acids is 1. The van der Waals surface area contributed by atoms with E-state index in [0.29, 0.717) is 28.5 Å². The number of aromatic nitrogens is 4. The summed E-state index contributed by atoms with van der Waals surface area (Å²) < 4.78 is 18.0. The highest BCUT2D eigenvalue weighted by Gasteiger charge is 2.37. The van der Waals surface area contributed by atoms with Crippen LogP contribution in [0.5, 0.6) is 5.75 Å². The predicted molar refractivity (Wildman–Crippen MR) is 91.2 cm³/mol. The number of rotatable bonds is 5. The Morgan fingerprint density at radius 3 is 2.84 bits per heavy atom. The molecule has 10 heteroatoms. The van der Waals surface area contributed by atoms with E-state index in [4.69, 9.17) is 14.2 Å². The number of tetrazole rings is 1. The van der Waals surface area contributed by atoms with Crippen LogP contribution in [-0.2, 0) is 14.3 Å². The highest BCUT2D eigenvalue weighted by atomic mass is 79.9. The quantitative estimate of drug-likeness (QED) is 0.741. The number of nitrogens with zero attached hydrogens (tertiary/aromatic N) is 4. The summed E-state index contributed by atoms with van der Waals surface area (Å²) in [6.07, 6.45) is 0. The van der Waals surface area contributed by atoms with Gasteiger partial charge in [0.15, 0.2) is 0 Å². The molecule has 1 aromatic carbocycles. The van der Waals surface area contributed by atoms with Crippen molar-refractivity contribution < 1.29 is 19.0 Å².